The Balaban J connectivity index is 1.43. The highest BCUT2D eigenvalue weighted by atomic mass is 16.5. The van der Waals surface area contributed by atoms with Gasteiger partial charge in [0.2, 0.25) is 0 Å². The maximum atomic E-state index is 12.4. The Labute approximate surface area is 157 Å². The van der Waals surface area contributed by atoms with Crippen molar-refractivity contribution in [3.8, 4) is 5.75 Å². The molecule has 0 fully saturated rings. The average molecular weight is 357 g/mol. The number of fused-ring (bicyclic) bond motifs is 1. The van der Waals surface area contributed by atoms with Crippen molar-refractivity contribution in [2.24, 2.45) is 0 Å². The molecule has 0 spiro atoms. The van der Waals surface area contributed by atoms with Crippen LogP contribution in [0.25, 0.3) is 10.9 Å². The first kappa shape index (κ1) is 16.8. The quantitative estimate of drug-likeness (QED) is 0.544. The van der Waals surface area contributed by atoms with Crippen LogP contribution in [0.3, 0.4) is 0 Å². The Hall–Kier alpha value is -3.60. The third-order valence-corrected chi connectivity index (χ3v) is 4.32. The molecule has 5 heteroatoms. The summed E-state index contributed by atoms with van der Waals surface area (Å²) in [6.45, 7) is -0.0592. The summed E-state index contributed by atoms with van der Waals surface area (Å²) in [7, 11) is 0. The minimum absolute atomic E-state index is 0.0592. The van der Waals surface area contributed by atoms with Crippen LogP contribution in [0.1, 0.15) is 11.1 Å². The molecule has 1 aromatic heterocycles. The topological polar surface area (TPSA) is 67.0 Å². The number of aromatic amines is 1. The van der Waals surface area contributed by atoms with Crippen LogP contribution in [0, 0.1) is 0 Å². The molecule has 2 N–H and O–H groups in total. The minimum Gasteiger partial charge on any atom is -0.483 e. The van der Waals surface area contributed by atoms with Crippen molar-refractivity contribution in [1.29, 1.82) is 0 Å². The first-order valence-corrected chi connectivity index (χ1v) is 8.76. The molecule has 0 radical (unpaired) electrons. The van der Waals surface area contributed by atoms with E-state index in [4.69, 9.17) is 4.74 Å². The normalized spacial score (nSPS) is 10.7. The largest absolute Gasteiger partial charge is 0.483 e. The van der Waals surface area contributed by atoms with Crippen molar-refractivity contribution in [3.05, 3.63) is 90.1 Å². The van der Waals surface area contributed by atoms with Gasteiger partial charge in [0, 0.05) is 11.8 Å². The zero-order valence-electron chi connectivity index (χ0n) is 14.7. The molecule has 0 bridgehead atoms. The van der Waals surface area contributed by atoms with E-state index in [9.17, 15) is 4.79 Å². The second kappa shape index (κ2) is 7.74. The molecule has 27 heavy (non-hydrogen) atoms. The molecule has 4 rings (SSSR count). The number of hydrogen-bond donors (Lipinski definition) is 2. The predicted molar refractivity (Wildman–Crippen MR) is 106 cm³/mol. The SMILES string of the molecule is O=C(COc1ccccc1Cc1ccccc1)Nc1cccc2cn[nH]c12. The molecule has 3 aromatic carbocycles. The fraction of sp³-hybridized carbons (Fsp3) is 0.0909. The summed E-state index contributed by atoms with van der Waals surface area (Å²) in [5.41, 5.74) is 3.74. The van der Waals surface area contributed by atoms with Crippen molar-refractivity contribution < 1.29 is 9.53 Å². The maximum absolute atomic E-state index is 12.4. The van der Waals surface area contributed by atoms with Crippen LogP contribution in [0.15, 0.2) is 79.0 Å². The van der Waals surface area contributed by atoms with E-state index in [0.29, 0.717) is 5.69 Å². The van der Waals surface area contributed by atoms with E-state index < -0.39 is 0 Å². The molecule has 0 unspecified atom stereocenters. The van der Waals surface area contributed by atoms with E-state index in [-0.39, 0.29) is 12.5 Å². The molecule has 0 aliphatic heterocycles. The van der Waals surface area contributed by atoms with E-state index in [1.54, 1.807) is 6.20 Å². The second-order valence-electron chi connectivity index (χ2n) is 6.25. The molecular formula is C22H19N3O2. The molecule has 4 aromatic rings. The van der Waals surface area contributed by atoms with Gasteiger partial charge in [-0.1, -0.05) is 60.7 Å². The van der Waals surface area contributed by atoms with Crippen molar-refractivity contribution in [2.75, 3.05) is 11.9 Å². The number of ether oxygens (including phenoxy) is 1. The van der Waals surface area contributed by atoms with Gasteiger partial charge in [-0.2, -0.15) is 5.10 Å². The highest BCUT2D eigenvalue weighted by molar-refractivity contribution is 6.00. The lowest BCUT2D eigenvalue weighted by Gasteiger charge is -2.12. The van der Waals surface area contributed by atoms with Gasteiger partial charge < -0.3 is 10.1 Å². The van der Waals surface area contributed by atoms with Crippen molar-refractivity contribution in [1.82, 2.24) is 10.2 Å². The summed E-state index contributed by atoms with van der Waals surface area (Å²) in [5.74, 6) is 0.503. The van der Waals surface area contributed by atoms with Crippen LogP contribution in [-0.4, -0.2) is 22.7 Å². The Morgan fingerprint density at radius 3 is 2.67 bits per heavy atom. The highest BCUT2D eigenvalue weighted by Gasteiger charge is 2.10. The number of aromatic nitrogens is 2. The Kier molecular flexibility index (Phi) is 4.83. The van der Waals surface area contributed by atoms with E-state index in [1.165, 1.54) is 5.56 Å². The van der Waals surface area contributed by atoms with Gasteiger partial charge in [-0.3, -0.25) is 9.89 Å². The molecule has 5 nitrogen and oxygen atoms in total. The number of carbonyl (C=O) groups is 1. The van der Waals surface area contributed by atoms with Gasteiger partial charge in [-0.15, -0.1) is 0 Å². The fourth-order valence-corrected chi connectivity index (χ4v) is 3.01. The van der Waals surface area contributed by atoms with Crippen molar-refractivity contribution in [2.45, 2.75) is 6.42 Å². The molecular weight excluding hydrogens is 338 g/mol. The van der Waals surface area contributed by atoms with E-state index in [0.717, 1.165) is 28.6 Å². The predicted octanol–water partition coefficient (Wildman–Crippen LogP) is 4.17. The summed E-state index contributed by atoms with van der Waals surface area (Å²) in [6, 6.07) is 23.6. The van der Waals surface area contributed by atoms with Crippen LogP contribution in [0.5, 0.6) is 5.75 Å². The van der Waals surface area contributed by atoms with Crippen LogP contribution in [-0.2, 0) is 11.2 Å². The molecule has 0 aliphatic rings. The first-order valence-electron chi connectivity index (χ1n) is 8.76. The Morgan fingerprint density at radius 1 is 0.963 bits per heavy atom. The van der Waals surface area contributed by atoms with Gasteiger partial charge in [-0.25, -0.2) is 0 Å². The number of amides is 1. The molecule has 0 aliphatic carbocycles. The van der Waals surface area contributed by atoms with Gasteiger partial charge in [0.25, 0.3) is 5.91 Å². The summed E-state index contributed by atoms with van der Waals surface area (Å²) in [5, 5.41) is 10.7. The van der Waals surface area contributed by atoms with E-state index in [2.05, 4.69) is 27.6 Å². The number of carbonyl (C=O) groups excluding carboxylic acids is 1. The molecule has 0 atom stereocenters. The lowest BCUT2D eigenvalue weighted by atomic mass is 10.0. The van der Waals surface area contributed by atoms with Gasteiger partial charge in [0.15, 0.2) is 6.61 Å². The molecule has 1 amide bonds. The smallest absolute Gasteiger partial charge is 0.262 e. The summed E-state index contributed by atoms with van der Waals surface area (Å²) >= 11 is 0. The number of rotatable bonds is 6. The number of H-pyrrole nitrogens is 1. The average Bonchev–Trinajstić information content (AvgIpc) is 3.18. The molecule has 0 saturated carbocycles. The number of anilines is 1. The summed E-state index contributed by atoms with van der Waals surface area (Å²) < 4.78 is 5.80. The summed E-state index contributed by atoms with van der Waals surface area (Å²) in [4.78, 5) is 12.4. The van der Waals surface area contributed by atoms with Crippen LogP contribution in [0.4, 0.5) is 5.69 Å². The fourth-order valence-electron chi connectivity index (χ4n) is 3.01. The molecule has 1 heterocycles. The monoisotopic (exact) mass is 357 g/mol. The van der Waals surface area contributed by atoms with Crippen molar-refractivity contribution in [3.63, 3.8) is 0 Å². The van der Waals surface area contributed by atoms with E-state index in [1.807, 2.05) is 60.7 Å². The van der Waals surface area contributed by atoms with Gasteiger partial charge in [-0.05, 0) is 23.3 Å². The minimum atomic E-state index is -0.216. The third-order valence-electron chi connectivity index (χ3n) is 4.32. The zero-order chi connectivity index (χ0) is 18.5. The van der Waals surface area contributed by atoms with Crippen LogP contribution in [0.2, 0.25) is 0 Å². The first-order chi connectivity index (χ1) is 13.3. The number of para-hydroxylation sites is 2. The Bertz CT molecular complexity index is 1060. The summed E-state index contributed by atoms with van der Waals surface area (Å²) in [6.07, 6.45) is 2.48. The van der Waals surface area contributed by atoms with E-state index >= 15 is 0 Å². The Morgan fingerprint density at radius 2 is 1.78 bits per heavy atom. The maximum Gasteiger partial charge on any atom is 0.262 e. The lowest BCUT2D eigenvalue weighted by Crippen LogP contribution is -2.20. The zero-order valence-corrected chi connectivity index (χ0v) is 14.7. The van der Waals surface area contributed by atoms with Gasteiger partial charge in [0.05, 0.1) is 17.4 Å². The highest BCUT2D eigenvalue weighted by Crippen LogP contribution is 2.22. The van der Waals surface area contributed by atoms with Gasteiger partial charge >= 0.3 is 0 Å². The number of nitrogens with one attached hydrogen (secondary N) is 2. The molecule has 0 saturated heterocycles. The van der Waals surface area contributed by atoms with Crippen LogP contribution >= 0.6 is 0 Å². The third kappa shape index (κ3) is 3.98. The standard InChI is InChI=1S/C22H19N3O2/c26-21(24-19-11-6-10-18-14-23-25-22(18)19)15-27-20-12-5-4-9-17(20)13-16-7-2-1-3-8-16/h1-12,14H,13,15H2,(H,23,25)(H,24,26). The molecule has 134 valence electrons. The lowest BCUT2D eigenvalue weighted by molar-refractivity contribution is -0.118. The van der Waals surface area contributed by atoms with Crippen LogP contribution < -0.4 is 10.1 Å². The number of benzene rings is 3. The number of hydrogen-bond acceptors (Lipinski definition) is 3. The second-order valence-corrected chi connectivity index (χ2v) is 6.25. The van der Waals surface area contributed by atoms with Crippen molar-refractivity contribution >= 4 is 22.5 Å². The number of nitrogens with zero attached hydrogens (tertiary/aromatic N) is 1. The van der Waals surface area contributed by atoms with Gasteiger partial charge in [0.1, 0.15) is 5.75 Å².